The van der Waals surface area contributed by atoms with Crippen LogP contribution < -0.4 is 16.0 Å². The minimum Gasteiger partial charge on any atom is -0.465 e. The van der Waals surface area contributed by atoms with E-state index < -0.39 is 5.97 Å². The van der Waals surface area contributed by atoms with Crippen molar-refractivity contribution in [2.75, 3.05) is 37.4 Å². The van der Waals surface area contributed by atoms with Crippen molar-refractivity contribution in [3.8, 4) is 0 Å². The Hall–Kier alpha value is -2.31. The first-order chi connectivity index (χ1) is 9.13. The number of methoxy groups -OCH3 is 1. The lowest BCUT2D eigenvalue weighted by Gasteiger charge is -2.22. The molecule has 2 rings (SSSR count). The van der Waals surface area contributed by atoms with Gasteiger partial charge in [-0.25, -0.2) is 9.78 Å². The number of carbonyl (C=O) groups excluding carboxylic acids is 2. The Bertz CT molecular complexity index is 504. The van der Waals surface area contributed by atoms with Gasteiger partial charge in [-0.3, -0.25) is 4.79 Å². The normalized spacial score (nSPS) is 15.6. The number of nitrogens with one attached hydrogen (secondary N) is 1. The molecule has 19 heavy (non-hydrogen) atoms. The quantitative estimate of drug-likeness (QED) is 0.716. The second kappa shape index (κ2) is 5.55. The fraction of sp³-hybridized carbons (Fsp3) is 0.417. The molecule has 2 heterocycles. The monoisotopic (exact) mass is 264 g/mol. The van der Waals surface area contributed by atoms with Gasteiger partial charge in [0.05, 0.1) is 24.9 Å². The number of anilines is 2. The van der Waals surface area contributed by atoms with E-state index in [1.807, 2.05) is 0 Å². The van der Waals surface area contributed by atoms with Gasteiger partial charge in [-0.2, -0.15) is 0 Å². The number of rotatable bonds is 2. The Balaban J connectivity index is 2.33. The molecule has 3 N–H and O–H groups in total. The highest BCUT2D eigenvalue weighted by molar-refractivity contribution is 5.98. The van der Waals surface area contributed by atoms with Crippen molar-refractivity contribution in [1.82, 2.24) is 10.3 Å². The van der Waals surface area contributed by atoms with Crippen LogP contribution in [-0.2, 0) is 9.53 Å². The summed E-state index contributed by atoms with van der Waals surface area (Å²) in [5.41, 5.74) is 6.45. The van der Waals surface area contributed by atoms with Crippen LogP contribution in [0.25, 0.3) is 0 Å². The van der Waals surface area contributed by atoms with Crippen molar-refractivity contribution in [3.05, 3.63) is 17.8 Å². The first-order valence-electron chi connectivity index (χ1n) is 5.98. The number of esters is 1. The Morgan fingerprint density at radius 2 is 2.37 bits per heavy atom. The first kappa shape index (κ1) is 13.1. The maximum absolute atomic E-state index is 11.6. The maximum atomic E-state index is 11.6. The molecule has 1 aliphatic heterocycles. The van der Waals surface area contributed by atoms with Gasteiger partial charge in [0.1, 0.15) is 0 Å². The van der Waals surface area contributed by atoms with Gasteiger partial charge in [0.25, 0.3) is 0 Å². The van der Waals surface area contributed by atoms with Gasteiger partial charge in [0, 0.05) is 19.3 Å². The zero-order valence-corrected chi connectivity index (χ0v) is 10.7. The van der Waals surface area contributed by atoms with Crippen molar-refractivity contribution in [3.63, 3.8) is 0 Å². The average molecular weight is 264 g/mol. The Kier molecular flexibility index (Phi) is 3.84. The predicted octanol–water partition coefficient (Wildman–Crippen LogP) is -0.223. The Morgan fingerprint density at radius 3 is 3.11 bits per heavy atom. The number of aromatic nitrogens is 1. The third kappa shape index (κ3) is 2.75. The highest BCUT2D eigenvalue weighted by Crippen LogP contribution is 2.25. The standard InChI is InChI=1S/C12H16N4O3/c1-19-12(18)8-3-5-15-11(10(8)13)16-6-2-4-14-9(17)7-16/h3,5H,2,4,6-7,13H2,1H3,(H,14,17). The molecule has 0 aromatic carbocycles. The number of hydrogen-bond donors (Lipinski definition) is 2. The molecule has 0 bridgehead atoms. The topological polar surface area (TPSA) is 97.5 Å². The van der Waals surface area contributed by atoms with E-state index in [9.17, 15) is 9.59 Å². The van der Waals surface area contributed by atoms with E-state index in [0.717, 1.165) is 6.42 Å². The van der Waals surface area contributed by atoms with E-state index in [0.29, 0.717) is 18.9 Å². The summed E-state index contributed by atoms with van der Waals surface area (Å²) in [5, 5.41) is 2.77. The Morgan fingerprint density at radius 1 is 1.58 bits per heavy atom. The van der Waals surface area contributed by atoms with Gasteiger partial charge < -0.3 is 20.7 Å². The number of nitrogens with zero attached hydrogens (tertiary/aromatic N) is 2. The summed E-state index contributed by atoms with van der Waals surface area (Å²) in [6, 6.07) is 1.50. The molecule has 1 aromatic rings. The molecule has 102 valence electrons. The maximum Gasteiger partial charge on any atom is 0.340 e. The lowest BCUT2D eigenvalue weighted by Crippen LogP contribution is -2.34. The van der Waals surface area contributed by atoms with Gasteiger partial charge in [-0.15, -0.1) is 0 Å². The molecule has 0 atom stereocenters. The minimum absolute atomic E-state index is 0.0813. The molecule has 0 spiro atoms. The minimum atomic E-state index is -0.513. The first-order valence-corrected chi connectivity index (χ1v) is 5.98. The lowest BCUT2D eigenvalue weighted by atomic mass is 10.2. The number of nitrogens with two attached hydrogens (primary N) is 1. The third-order valence-corrected chi connectivity index (χ3v) is 2.94. The molecule has 1 fully saturated rings. The van der Waals surface area contributed by atoms with Crippen LogP contribution in [0, 0.1) is 0 Å². The summed E-state index contributed by atoms with van der Waals surface area (Å²) in [7, 11) is 1.29. The van der Waals surface area contributed by atoms with Crippen molar-refractivity contribution < 1.29 is 14.3 Å². The van der Waals surface area contributed by atoms with Crippen molar-refractivity contribution in [2.24, 2.45) is 0 Å². The number of hydrogen-bond acceptors (Lipinski definition) is 6. The van der Waals surface area contributed by atoms with Gasteiger partial charge >= 0.3 is 5.97 Å². The number of ether oxygens (including phenoxy) is 1. The van der Waals surface area contributed by atoms with E-state index in [1.54, 1.807) is 4.90 Å². The second-order valence-electron chi connectivity index (χ2n) is 4.21. The molecule has 7 nitrogen and oxygen atoms in total. The molecule has 7 heteroatoms. The summed E-state index contributed by atoms with van der Waals surface area (Å²) >= 11 is 0. The van der Waals surface area contributed by atoms with Crippen LogP contribution in [0.3, 0.4) is 0 Å². The molecular formula is C12H16N4O3. The van der Waals surface area contributed by atoms with Crippen LogP contribution in [0.15, 0.2) is 12.3 Å². The molecular weight excluding hydrogens is 248 g/mol. The summed E-state index contributed by atoms with van der Waals surface area (Å²) in [5.74, 6) is -0.150. The van der Waals surface area contributed by atoms with Crippen LogP contribution in [-0.4, -0.2) is 43.6 Å². The van der Waals surface area contributed by atoms with Crippen LogP contribution in [0.2, 0.25) is 0 Å². The molecule has 1 amide bonds. The zero-order chi connectivity index (χ0) is 13.8. The van der Waals surface area contributed by atoms with Gasteiger partial charge in [-0.1, -0.05) is 0 Å². The Labute approximate surface area is 110 Å². The second-order valence-corrected chi connectivity index (χ2v) is 4.21. The highest BCUT2D eigenvalue weighted by atomic mass is 16.5. The number of pyridine rings is 1. The zero-order valence-electron chi connectivity index (χ0n) is 10.7. The molecule has 0 aliphatic carbocycles. The highest BCUT2D eigenvalue weighted by Gasteiger charge is 2.21. The van der Waals surface area contributed by atoms with Gasteiger partial charge in [0.2, 0.25) is 5.91 Å². The average Bonchev–Trinajstić information content (AvgIpc) is 2.63. The van der Waals surface area contributed by atoms with Crippen LogP contribution >= 0.6 is 0 Å². The predicted molar refractivity (Wildman–Crippen MR) is 69.8 cm³/mol. The van der Waals surface area contributed by atoms with E-state index in [4.69, 9.17) is 5.73 Å². The van der Waals surface area contributed by atoms with Crippen molar-refractivity contribution in [1.29, 1.82) is 0 Å². The van der Waals surface area contributed by atoms with Gasteiger partial charge in [0.15, 0.2) is 5.82 Å². The smallest absolute Gasteiger partial charge is 0.340 e. The SMILES string of the molecule is COC(=O)c1ccnc(N2CCCNC(=O)C2)c1N. The molecule has 0 saturated carbocycles. The fourth-order valence-electron chi connectivity index (χ4n) is 1.99. The van der Waals surface area contributed by atoms with Crippen LogP contribution in [0.5, 0.6) is 0 Å². The summed E-state index contributed by atoms with van der Waals surface area (Å²) in [6.45, 7) is 1.47. The van der Waals surface area contributed by atoms with E-state index >= 15 is 0 Å². The van der Waals surface area contributed by atoms with Crippen LogP contribution in [0.1, 0.15) is 16.8 Å². The third-order valence-electron chi connectivity index (χ3n) is 2.94. The molecule has 0 radical (unpaired) electrons. The number of amides is 1. The number of nitrogen functional groups attached to an aromatic ring is 1. The number of carbonyl (C=O) groups is 2. The summed E-state index contributed by atoms with van der Waals surface area (Å²) in [4.78, 5) is 29.1. The van der Waals surface area contributed by atoms with Crippen molar-refractivity contribution in [2.45, 2.75) is 6.42 Å². The molecule has 1 aliphatic rings. The van der Waals surface area contributed by atoms with E-state index in [-0.39, 0.29) is 23.7 Å². The molecule has 0 unspecified atom stereocenters. The summed E-state index contributed by atoms with van der Waals surface area (Å²) < 4.78 is 4.66. The molecule has 1 saturated heterocycles. The van der Waals surface area contributed by atoms with Crippen molar-refractivity contribution >= 4 is 23.4 Å². The van der Waals surface area contributed by atoms with E-state index in [2.05, 4.69) is 15.0 Å². The largest absolute Gasteiger partial charge is 0.465 e. The van der Waals surface area contributed by atoms with Gasteiger partial charge in [-0.05, 0) is 12.5 Å². The fourth-order valence-corrected chi connectivity index (χ4v) is 1.99. The van der Waals surface area contributed by atoms with Crippen LogP contribution in [0.4, 0.5) is 11.5 Å². The lowest BCUT2D eigenvalue weighted by molar-refractivity contribution is -0.119. The van der Waals surface area contributed by atoms with E-state index in [1.165, 1.54) is 19.4 Å². The molecule has 1 aromatic heterocycles. The summed E-state index contributed by atoms with van der Waals surface area (Å²) in [6.07, 6.45) is 2.29.